The SMILES string of the molecule is COC(=O)C(OC(CO[Si](C)(C)C(C)(C)C)CN1C=C(C)C(=O)C(C(=O)c2ccccc2)C1=O)P(=O)(OC)OC. The van der Waals surface area contributed by atoms with Gasteiger partial charge in [0.15, 0.2) is 25.8 Å². The van der Waals surface area contributed by atoms with Crippen LogP contribution in [0.3, 0.4) is 0 Å². The van der Waals surface area contributed by atoms with Crippen LogP contribution in [0.2, 0.25) is 18.1 Å². The predicted molar refractivity (Wildman–Crippen MR) is 150 cm³/mol. The second-order valence-electron chi connectivity index (χ2n) is 10.9. The summed E-state index contributed by atoms with van der Waals surface area (Å²) in [6.45, 7) is 11.3. The summed E-state index contributed by atoms with van der Waals surface area (Å²) >= 11 is 0. The maximum Gasteiger partial charge on any atom is 0.370 e. The van der Waals surface area contributed by atoms with Crippen molar-refractivity contribution in [3.05, 3.63) is 47.7 Å². The fraction of sp³-hybridized carbons (Fsp3) is 0.556. The molecule has 0 radical (unpaired) electrons. The molecular weight excluding hydrogens is 557 g/mol. The number of benzene rings is 1. The van der Waals surface area contributed by atoms with E-state index in [9.17, 15) is 23.7 Å². The van der Waals surface area contributed by atoms with E-state index in [2.05, 4.69) is 0 Å². The summed E-state index contributed by atoms with van der Waals surface area (Å²) in [5.74, 6) is -6.33. The first-order valence-corrected chi connectivity index (χ1v) is 17.3. The Kier molecular flexibility index (Phi) is 11.4. The lowest BCUT2D eigenvalue weighted by atomic mass is 9.87. The van der Waals surface area contributed by atoms with Gasteiger partial charge in [-0.2, -0.15) is 0 Å². The van der Waals surface area contributed by atoms with Crippen molar-refractivity contribution >= 4 is 39.4 Å². The van der Waals surface area contributed by atoms with E-state index in [1.807, 2.05) is 33.9 Å². The first-order valence-electron chi connectivity index (χ1n) is 12.7. The zero-order valence-electron chi connectivity index (χ0n) is 24.6. The largest absolute Gasteiger partial charge is 0.467 e. The van der Waals surface area contributed by atoms with Crippen molar-refractivity contribution in [1.82, 2.24) is 4.90 Å². The molecule has 2 rings (SSSR count). The Morgan fingerprint density at radius 2 is 1.62 bits per heavy atom. The number of hydrogen-bond donors (Lipinski definition) is 0. The average Bonchev–Trinajstić information content (AvgIpc) is 2.91. The summed E-state index contributed by atoms with van der Waals surface area (Å²) in [5, 5.41) is -0.176. The van der Waals surface area contributed by atoms with Crippen molar-refractivity contribution < 1.29 is 46.7 Å². The Balaban J connectivity index is 2.47. The first-order chi connectivity index (χ1) is 18.5. The molecule has 3 unspecified atom stereocenters. The molecule has 1 aromatic rings. The molecule has 0 aliphatic carbocycles. The second-order valence-corrected chi connectivity index (χ2v) is 18.0. The van der Waals surface area contributed by atoms with Gasteiger partial charge in [0.1, 0.15) is 0 Å². The molecule has 0 spiro atoms. The monoisotopic (exact) mass is 597 g/mol. The van der Waals surface area contributed by atoms with Crippen LogP contribution < -0.4 is 0 Å². The summed E-state index contributed by atoms with van der Waals surface area (Å²) in [7, 11) is -3.18. The number of amides is 1. The van der Waals surface area contributed by atoms with Gasteiger partial charge in [-0.1, -0.05) is 51.1 Å². The molecule has 1 aliphatic rings. The number of hydrogen-bond acceptors (Lipinski definition) is 10. The van der Waals surface area contributed by atoms with Crippen molar-refractivity contribution in [3.8, 4) is 0 Å². The number of methoxy groups -OCH3 is 1. The lowest BCUT2D eigenvalue weighted by molar-refractivity contribution is -0.154. The number of Topliss-reactive ketones (excluding diaryl/α,β-unsaturated/α-hetero) is 2. The highest BCUT2D eigenvalue weighted by molar-refractivity contribution is 7.55. The molecule has 0 saturated carbocycles. The van der Waals surface area contributed by atoms with Gasteiger partial charge in [0.25, 0.3) is 5.85 Å². The molecule has 11 nitrogen and oxygen atoms in total. The van der Waals surface area contributed by atoms with Gasteiger partial charge in [0, 0.05) is 31.6 Å². The summed E-state index contributed by atoms with van der Waals surface area (Å²) in [4.78, 5) is 53.5. The number of nitrogens with zero attached hydrogens (tertiary/aromatic N) is 1. The van der Waals surface area contributed by atoms with Gasteiger partial charge in [-0.25, -0.2) is 4.79 Å². The van der Waals surface area contributed by atoms with Crippen molar-refractivity contribution in [2.45, 2.75) is 57.8 Å². The molecule has 0 fully saturated rings. The normalized spacial score (nSPS) is 18.3. The minimum Gasteiger partial charge on any atom is -0.467 e. The molecule has 222 valence electrons. The van der Waals surface area contributed by atoms with E-state index in [-0.39, 0.29) is 29.3 Å². The molecule has 1 aliphatic heterocycles. The fourth-order valence-corrected chi connectivity index (χ4v) is 5.94. The van der Waals surface area contributed by atoms with Gasteiger partial charge >= 0.3 is 13.6 Å². The zero-order valence-corrected chi connectivity index (χ0v) is 26.5. The summed E-state index contributed by atoms with van der Waals surface area (Å²) in [6, 6.07) is 8.08. The van der Waals surface area contributed by atoms with Gasteiger partial charge in [-0.15, -0.1) is 0 Å². The smallest absolute Gasteiger partial charge is 0.370 e. The quantitative estimate of drug-likeness (QED) is 0.107. The van der Waals surface area contributed by atoms with Crippen LogP contribution >= 0.6 is 7.60 Å². The van der Waals surface area contributed by atoms with Crippen molar-refractivity contribution in [3.63, 3.8) is 0 Å². The maximum absolute atomic E-state index is 13.5. The number of ketones is 2. The molecule has 0 N–H and O–H groups in total. The van der Waals surface area contributed by atoms with Crippen LogP contribution in [0.25, 0.3) is 0 Å². The van der Waals surface area contributed by atoms with E-state index < -0.39 is 57.2 Å². The molecule has 40 heavy (non-hydrogen) atoms. The van der Waals surface area contributed by atoms with Gasteiger partial charge < -0.3 is 27.8 Å². The van der Waals surface area contributed by atoms with Crippen LogP contribution in [0, 0.1) is 5.92 Å². The minimum absolute atomic E-state index is 0.0979. The highest BCUT2D eigenvalue weighted by Gasteiger charge is 2.46. The van der Waals surface area contributed by atoms with E-state index >= 15 is 0 Å². The van der Waals surface area contributed by atoms with Crippen molar-refractivity contribution in [1.29, 1.82) is 0 Å². The molecule has 3 atom stereocenters. The van der Waals surface area contributed by atoms with Crippen LogP contribution in [-0.2, 0) is 41.9 Å². The maximum atomic E-state index is 13.5. The van der Waals surface area contributed by atoms with Crippen LogP contribution in [0.5, 0.6) is 0 Å². The molecule has 0 bridgehead atoms. The summed E-state index contributed by atoms with van der Waals surface area (Å²) < 4.78 is 40.3. The Morgan fingerprint density at radius 1 is 1.05 bits per heavy atom. The number of rotatable bonds is 13. The third kappa shape index (κ3) is 7.63. The van der Waals surface area contributed by atoms with Gasteiger partial charge in [-0.3, -0.25) is 18.9 Å². The van der Waals surface area contributed by atoms with Gasteiger partial charge in [-0.05, 0) is 25.1 Å². The molecule has 1 aromatic carbocycles. The Bertz CT molecular complexity index is 1170. The molecule has 1 heterocycles. The highest BCUT2D eigenvalue weighted by Crippen LogP contribution is 2.53. The van der Waals surface area contributed by atoms with Crippen LogP contribution in [-0.4, -0.2) is 83.1 Å². The topological polar surface area (TPSA) is 135 Å². The van der Waals surface area contributed by atoms with Crippen LogP contribution in [0.1, 0.15) is 38.1 Å². The number of ether oxygens (including phenoxy) is 2. The van der Waals surface area contributed by atoms with Crippen molar-refractivity contribution in [2.24, 2.45) is 5.92 Å². The van der Waals surface area contributed by atoms with E-state index in [4.69, 9.17) is 22.9 Å². The Morgan fingerprint density at radius 3 is 2.12 bits per heavy atom. The minimum atomic E-state index is -4.14. The summed E-state index contributed by atoms with van der Waals surface area (Å²) in [5.41, 5.74) is 0.423. The molecule has 0 saturated heterocycles. The van der Waals surface area contributed by atoms with Gasteiger partial charge in [0.2, 0.25) is 5.91 Å². The summed E-state index contributed by atoms with van der Waals surface area (Å²) in [6.07, 6.45) is 0.284. The number of allylic oxidation sites excluding steroid dienone is 1. The predicted octanol–water partition coefficient (Wildman–Crippen LogP) is 4.19. The molecule has 1 amide bonds. The zero-order chi connectivity index (χ0) is 30.5. The first kappa shape index (κ1) is 33.7. The highest BCUT2D eigenvalue weighted by atomic mass is 31.2. The van der Waals surface area contributed by atoms with E-state index in [0.717, 1.165) is 21.3 Å². The Hall–Kier alpha value is -2.47. The molecule has 0 aromatic heterocycles. The number of esters is 1. The van der Waals surface area contributed by atoms with Crippen LogP contribution in [0.4, 0.5) is 0 Å². The lowest BCUT2D eigenvalue weighted by Crippen LogP contribution is -2.50. The van der Waals surface area contributed by atoms with Crippen LogP contribution in [0.15, 0.2) is 42.1 Å². The van der Waals surface area contributed by atoms with E-state index in [0.29, 0.717) is 0 Å². The third-order valence-corrected chi connectivity index (χ3v) is 13.6. The fourth-order valence-electron chi connectivity index (χ4n) is 3.69. The molecule has 13 heteroatoms. The second kappa shape index (κ2) is 13.5. The third-order valence-electron chi connectivity index (χ3n) is 7.21. The van der Waals surface area contributed by atoms with E-state index in [1.165, 1.54) is 30.2 Å². The van der Waals surface area contributed by atoms with Gasteiger partial charge in [0.05, 0.1) is 26.4 Å². The molecular formula is C27H40NO10PSi. The average molecular weight is 598 g/mol. The standard InChI is InChI=1S/C27H40NO10PSi/c1-18-15-28(24(31)21(22(18)29)23(30)19-13-11-10-12-14-19)16-20(17-37-40(8,9)27(2,3)4)38-26(25(32)34-5)39(33,35-6)36-7/h10-15,20-21,26H,16-17H2,1-9H3. The van der Waals surface area contributed by atoms with E-state index in [1.54, 1.807) is 18.2 Å². The number of carbonyl (C=O) groups excluding carboxylic acids is 4. The Labute approximate surface area is 236 Å². The lowest BCUT2D eigenvalue weighted by Gasteiger charge is -2.38. The van der Waals surface area contributed by atoms with Crippen molar-refractivity contribution in [2.75, 3.05) is 34.5 Å². The number of carbonyl (C=O) groups is 4.